The SMILES string of the molecule is COc1ccccc1CNC(=O)CSc1nc2ccccc2n1CCc1ccccc1. The van der Waals surface area contributed by atoms with Crippen LogP contribution in [-0.4, -0.2) is 28.3 Å². The van der Waals surface area contributed by atoms with E-state index in [2.05, 4.69) is 40.2 Å². The largest absolute Gasteiger partial charge is 0.496 e. The molecule has 3 aromatic carbocycles. The highest BCUT2D eigenvalue weighted by molar-refractivity contribution is 7.99. The number of carbonyl (C=O) groups excluding carboxylic acids is 1. The lowest BCUT2D eigenvalue weighted by Gasteiger charge is -2.11. The molecule has 1 heterocycles. The van der Waals surface area contributed by atoms with Crippen molar-refractivity contribution >= 4 is 28.7 Å². The van der Waals surface area contributed by atoms with Crippen molar-refractivity contribution in [3.8, 4) is 5.75 Å². The average Bonchev–Trinajstić information content (AvgIpc) is 3.18. The summed E-state index contributed by atoms with van der Waals surface area (Å²) < 4.78 is 7.56. The lowest BCUT2D eigenvalue weighted by atomic mass is 10.1. The molecule has 0 fully saturated rings. The highest BCUT2D eigenvalue weighted by atomic mass is 32.2. The van der Waals surface area contributed by atoms with Crippen molar-refractivity contribution in [2.45, 2.75) is 24.7 Å². The first-order valence-electron chi connectivity index (χ1n) is 10.2. The van der Waals surface area contributed by atoms with Crippen LogP contribution in [0.25, 0.3) is 11.0 Å². The third-order valence-electron chi connectivity index (χ3n) is 5.09. The van der Waals surface area contributed by atoms with Gasteiger partial charge < -0.3 is 14.6 Å². The third kappa shape index (κ3) is 5.27. The standard InChI is InChI=1S/C25H25N3O2S/c1-30-23-14-8-5-11-20(23)17-26-24(29)18-31-25-27-21-12-6-7-13-22(21)28(25)16-15-19-9-3-2-4-10-19/h2-14H,15-18H2,1H3,(H,26,29). The number of para-hydroxylation sites is 3. The summed E-state index contributed by atoms with van der Waals surface area (Å²) in [5.74, 6) is 1.06. The number of benzene rings is 3. The van der Waals surface area contributed by atoms with Gasteiger partial charge in [0.25, 0.3) is 0 Å². The number of aryl methyl sites for hydroxylation is 2. The highest BCUT2D eigenvalue weighted by Crippen LogP contribution is 2.25. The molecule has 0 aliphatic carbocycles. The molecule has 158 valence electrons. The van der Waals surface area contributed by atoms with Gasteiger partial charge in [0.2, 0.25) is 5.91 Å². The van der Waals surface area contributed by atoms with Crippen LogP contribution in [0.5, 0.6) is 5.75 Å². The normalized spacial score (nSPS) is 10.9. The topological polar surface area (TPSA) is 56.1 Å². The third-order valence-corrected chi connectivity index (χ3v) is 6.06. The number of aromatic nitrogens is 2. The number of imidazole rings is 1. The van der Waals surface area contributed by atoms with Crippen molar-refractivity contribution in [1.82, 2.24) is 14.9 Å². The first kappa shape index (κ1) is 21.0. The van der Waals surface area contributed by atoms with Crippen molar-refractivity contribution in [3.05, 3.63) is 90.0 Å². The number of carbonyl (C=O) groups is 1. The van der Waals surface area contributed by atoms with Crippen LogP contribution in [0.15, 0.2) is 84.0 Å². The van der Waals surface area contributed by atoms with Gasteiger partial charge in [-0.2, -0.15) is 0 Å². The number of thioether (sulfide) groups is 1. The second-order valence-corrected chi connectivity index (χ2v) is 8.09. The zero-order valence-corrected chi connectivity index (χ0v) is 18.3. The lowest BCUT2D eigenvalue weighted by molar-refractivity contribution is -0.118. The van der Waals surface area contributed by atoms with Crippen LogP contribution >= 0.6 is 11.8 Å². The summed E-state index contributed by atoms with van der Waals surface area (Å²) in [6.07, 6.45) is 0.911. The van der Waals surface area contributed by atoms with E-state index in [1.54, 1.807) is 7.11 Å². The molecule has 6 heteroatoms. The van der Waals surface area contributed by atoms with Gasteiger partial charge >= 0.3 is 0 Å². The van der Waals surface area contributed by atoms with E-state index in [-0.39, 0.29) is 5.91 Å². The monoisotopic (exact) mass is 431 g/mol. The summed E-state index contributed by atoms with van der Waals surface area (Å²) in [7, 11) is 1.64. The number of ether oxygens (including phenoxy) is 1. The number of methoxy groups -OCH3 is 1. The smallest absolute Gasteiger partial charge is 0.230 e. The van der Waals surface area contributed by atoms with Crippen molar-refractivity contribution in [2.24, 2.45) is 0 Å². The van der Waals surface area contributed by atoms with Crippen molar-refractivity contribution in [3.63, 3.8) is 0 Å². The molecule has 5 nitrogen and oxygen atoms in total. The van der Waals surface area contributed by atoms with E-state index in [4.69, 9.17) is 9.72 Å². The van der Waals surface area contributed by atoms with Gasteiger partial charge in [-0.3, -0.25) is 4.79 Å². The second kappa shape index (κ2) is 10.2. The maximum Gasteiger partial charge on any atom is 0.230 e. The van der Waals surface area contributed by atoms with E-state index in [0.29, 0.717) is 12.3 Å². The maximum absolute atomic E-state index is 12.5. The Morgan fingerprint density at radius 3 is 2.58 bits per heavy atom. The van der Waals surface area contributed by atoms with Crippen LogP contribution in [0, 0.1) is 0 Å². The first-order chi connectivity index (χ1) is 15.2. The Hall–Kier alpha value is -3.25. The molecule has 0 spiro atoms. The zero-order valence-electron chi connectivity index (χ0n) is 17.5. The maximum atomic E-state index is 12.5. The van der Waals surface area contributed by atoms with E-state index < -0.39 is 0 Å². The Bertz CT molecular complexity index is 1160. The van der Waals surface area contributed by atoms with Gasteiger partial charge in [0.05, 0.1) is 23.9 Å². The Kier molecular flexibility index (Phi) is 6.89. The molecule has 0 saturated heterocycles. The molecular weight excluding hydrogens is 406 g/mol. The van der Waals surface area contributed by atoms with E-state index in [1.165, 1.54) is 17.3 Å². The number of nitrogens with zero attached hydrogens (tertiary/aromatic N) is 2. The lowest BCUT2D eigenvalue weighted by Crippen LogP contribution is -2.25. The van der Waals surface area contributed by atoms with Gasteiger partial charge in [-0.1, -0.05) is 72.4 Å². The van der Waals surface area contributed by atoms with Gasteiger partial charge in [-0.15, -0.1) is 0 Å². The Labute approximate surface area is 186 Å². The zero-order chi connectivity index (χ0) is 21.5. The molecule has 0 aliphatic rings. The minimum atomic E-state index is -0.0300. The van der Waals surface area contributed by atoms with Gasteiger partial charge in [-0.05, 0) is 30.2 Å². The van der Waals surface area contributed by atoms with Crippen LogP contribution in [0.2, 0.25) is 0 Å². The molecule has 0 bridgehead atoms. The highest BCUT2D eigenvalue weighted by Gasteiger charge is 2.13. The molecule has 0 saturated carbocycles. The fourth-order valence-electron chi connectivity index (χ4n) is 3.49. The number of amides is 1. The molecule has 1 aromatic heterocycles. The summed E-state index contributed by atoms with van der Waals surface area (Å²) >= 11 is 1.47. The number of fused-ring (bicyclic) bond motifs is 1. The second-order valence-electron chi connectivity index (χ2n) is 7.15. The quantitative estimate of drug-likeness (QED) is 0.391. The van der Waals surface area contributed by atoms with Crippen LogP contribution in [0.1, 0.15) is 11.1 Å². The summed E-state index contributed by atoms with van der Waals surface area (Å²) in [6.45, 7) is 1.25. The summed E-state index contributed by atoms with van der Waals surface area (Å²) in [5, 5.41) is 3.84. The minimum Gasteiger partial charge on any atom is -0.496 e. The molecule has 31 heavy (non-hydrogen) atoms. The van der Waals surface area contributed by atoms with Crippen LogP contribution in [-0.2, 0) is 24.3 Å². The van der Waals surface area contributed by atoms with Gasteiger partial charge in [0.15, 0.2) is 5.16 Å². The molecule has 4 rings (SSSR count). The molecule has 0 aliphatic heterocycles. The van der Waals surface area contributed by atoms with Crippen LogP contribution in [0.4, 0.5) is 0 Å². The Morgan fingerprint density at radius 2 is 1.74 bits per heavy atom. The van der Waals surface area contributed by atoms with Crippen LogP contribution < -0.4 is 10.1 Å². The van der Waals surface area contributed by atoms with Crippen molar-refractivity contribution < 1.29 is 9.53 Å². The molecule has 1 N–H and O–H groups in total. The number of hydrogen-bond acceptors (Lipinski definition) is 4. The van der Waals surface area contributed by atoms with Gasteiger partial charge in [-0.25, -0.2) is 4.98 Å². The Morgan fingerprint density at radius 1 is 1.00 bits per heavy atom. The molecule has 0 unspecified atom stereocenters. The average molecular weight is 432 g/mol. The molecule has 1 amide bonds. The fraction of sp³-hybridized carbons (Fsp3) is 0.200. The van der Waals surface area contributed by atoms with Gasteiger partial charge in [0.1, 0.15) is 5.75 Å². The van der Waals surface area contributed by atoms with Crippen molar-refractivity contribution in [2.75, 3.05) is 12.9 Å². The summed E-state index contributed by atoms with van der Waals surface area (Å²) in [4.78, 5) is 17.3. The number of hydrogen-bond donors (Lipinski definition) is 1. The predicted molar refractivity (Wildman–Crippen MR) is 125 cm³/mol. The predicted octanol–water partition coefficient (Wildman–Crippen LogP) is 4.70. The van der Waals surface area contributed by atoms with Crippen molar-refractivity contribution in [1.29, 1.82) is 0 Å². The first-order valence-corrected chi connectivity index (χ1v) is 11.2. The molecular formula is C25H25N3O2S. The summed E-state index contributed by atoms with van der Waals surface area (Å²) in [5.41, 5.74) is 4.28. The van der Waals surface area contributed by atoms with E-state index in [1.807, 2.05) is 48.5 Å². The van der Waals surface area contributed by atoms with E-state index >= 15 is 0 Å². The molecule has 4 aromatic rings. The van der Waals surface area contributed by atoms with E-state index in [0.717, 1.165) is 40.5 Å². The van der Waals surface area contributed by atoms with Crippen LogP contribution in [0.3, 0.4) is 0 Å². The molecule has 0 atom stereocenters. The van der Waals surface area contributed by atoms with E-state index in [9.17, 15) is 4.79 Å². The Balaban J connectivity index is 1.42. The number of rotatable bonds is 9. The molecule has 0 radical (unpaired) electrons. The fourth-order valence-corrected chi connectivity index (χ4v) is 4.36. The van der Waals surface area contributed by atoms with Gasteiger partial charge in [0, 0.05) is 18.7 Å². The number of nitrogens with one attached hydrogen (secondary N) is 1. The minimum absolute atomic E-state index is 0.0300. The summed E-state index contributed by atoms with van der Waals surface area (Å²) in [6, 6.07) is 26.2.